The number of anilines is 1. The van der Waals surface area contributed by atoms with E-state index in [1.807, 2.05) is 6.07 Å². The van der Waals surface area contributed by atoms with E-state index in [0.29, 0.717) is 5.92 Å². The number of hydrogen-bond acceptors (Lipinski definition) is 2. The molecule has 18 heavy (non-hydrogen) atoms. The Morgan fingerprint density at radius 2 is 2.11 bits per heavy atom. The Bertz CT molecular complexity index is 454. The molecule has 1 N–H and O–H groups in total. The van der Waals surface area contributed by atoms with Crippen molar-refractivity contribution in [2.45, 2.75) is 33.1 Å². The van der Waals surface area contributed by atoms with Crippen LogP contribution in [0.15, 0.2) is 18.2 Å². The summed E-state index contributed by atoms with van der Waals surface area (Å²) in [5.41, 5.74) is 3.49. The van der Waals surface area contributed by atoms with E-state index >= 15 is 0 Å². The van der Waals surface area contributed by atoms with Crippen molar-refractivity contribution in [2.75, 3.05) is 18.0 Å². The van der Waals surface area contributed by atoms with Crippen LogP contribution >= 0.6 is 0 Å². The van der Waals surface area contributed by atoms with Gasteiger partial charge >= 0.3 is 5.97 Å². The van der Waals surface area contributed by atoms with E-state index in [1.165, 1.54) is 11.3 Å². The molecule has 0 bridgehead atoms. The summed E-state index contributed by atoms with van der Waals surface area (Å²) in [5, 5.41) is 9.04. The van der Waals surface area contributed by atoms with E-state index in [4.69, 9.17) is 5.11 Å². The first-order valence-electron chi connectivity index (χ1n) is 6.59. The summed E-state index contributed by atoms with van der Waals surface area (Å²) in [6.45, 7) is 8.31. The molecule has 98 valence electrons. The van der Waals surface area contributed by atoms with Crippen LogP contribution in [0, 0.1) is 5.92 Å². The second-order valence-electron chi connectivity index (χ2n) is 5.54. The van der Waals surface area contributed by atoms with Crippen LogP contribution < -0.4 is 4.90 Å². The maximum atomic E-state index is 11.0. The van der Waals surface area contributed by atoms with Gasteiger partial charge in [-0.05, 0) is 36.5 Å². The molecule has 2 rings (SSSR count). The summed E-state index contributed by atoms with van der Waals surface area (Å²) in [7, 11) is 0. The molecule has 3 heteroatoms. The smallest absolute Gasteiger partial charge is 0.310 e. The monoisotopic (exact) mass is 247 g/mol. The molecule has 0 radical (unpaired) electrons. The summed E-state index contributed by atoms with van der Waals surface area (Å²) < 4.78 is 0. The number of aliphatic carboxylic acids is 1. The summed E-state index contributed by atoms with van der Waals surface area (Å²) in [6, 6.07) is 6.10. The summed E-state index contributed by atoms with van der Waals surface area (Å²) in [4.78, 5) is 13.4. The van der Waals surface area contributed by atoms with Crippen LogP contribution in [-0.4, -0.2) is 24.2 Å². The number of benzene rings is 1. The van der Waals surface area contributed by atoms with Crippen molar-refractivity contribution in [3.05, 3.63) is 29.3 Å². The molecule has 1 aromatic carbocycles. The van der Waals surface area contributed by atoms with Crippen LogP contribution in [0.4, 0.5) is 5.69 Å². The first kappa shape index (κ1) is 12.9. The molecule has 0 saturated carbocycles. The van der Waals surface area contributed by atoms with Crippen LogP contribution in [0.5, 0.6) is 0 Å². The number of carbonyl (C=O) groups is 1. The minimum atomic E-state index is -0.757. The Labute approximate surface area is 108 Å². The van der Waals surface area contributed by atoms with Crippen LogP contribution in [-0.2, 0) is 11.2 Å². The van der Waals surface area contributed by atoms with Crippen molar-refractivity contribution in [1.29, 1.82) is 0 Å². The van der Waals surface area contributed by atoms with Gasteiger partial charge in [-0.2, -0.15) is 0 Å². The van der Waals surface area contributed by atoms with Crippen molar-refractivity contribution < 1.29 is 9.90 Å². The molecule has 0 amide bonds. The van der Waals surface area contributed by atoms with Gasteiger partial charge < -0.3 is 10.0 Å². The Balaban J connectivity index is 2.22. The van der Waals surface area contributed by atoms with Gasteiger partial charge in [0.15, 0.2) is 0 Å². The molecule has 1 aliphatic heterocycles. The molecular formula is C15H21NO2. The highest BCUT2D eigenvalue weighted by Gasteiger charge is 2.22. The Hall–Kier alpha value is -1.51. The summed E-state index contributed by atoms with van der Waals surface area (Å²) >= 11 is 0. The number of hydrogen-bond donors (Lipinski definition) is 1. The van der Waals surface area contributed by atoms with Gasteiger partial charge in [0.1, 0.15) is 0 Å². The number of nitrogens with zero attached hydrogens (tertiary/aromatic N) is 1. The van der Waals surface area contributed by atoms with Gasteiger partial charge in [-0.25, -0.2) is 0 Å². The zero-order valence-corrected chi connectivity index (χ0v) is 11.3. The van der Waals surface area contributed by atoms with Gasteiger partial charge in [-0.3, -0.25) is 4.79 Å². The van der Waals surface area contributed by atoms with Crippen molar-refractivity contribution in [3.63, 3.8) is 0 Å². The molecule has 0 aliphatic carbocycles. The quantitative estimate of drug-likeness (QED) is 0.889. The van der Waals surface area contributed by atoms with Crippen LogP contribution in [0.1, 0.15) is 37.8 Å². The van der Waals surface area contributed by atoms with Crippen molar-refractivity contribution in [3.8, 4) is 0 Å². The summed E-state index contributed by atoms with van der Waals surface area (Å²) in [5.74, 6) is -0.532. The highest BCUT2D eigenvalue weighted by Crippen LogP contribution is 2.31. The molecule has 1 heterocycles. The molecule has 0 spiro atoms. The first-order valence-corrected chi connectivity index (χ1v) is 6.59. The number of carboxylic acids is 1. The molecule has 1 unspecified atom stereocenters. The lowest BCUT2D eigenvalue weighted by atomic mass is 9.98. The maximum absolute atomic E-state index is 11.0. The first-order chi connectivity index (χ1) is 8.49. The predicted molar refractivity (Wildman–Crippen MR) is 73.2 cm³/mol. The lowest BCUT2D eigenvalue weighted by Gasteiger charge is -2.22. The van der Waals surface area contributed by atoms with Crippen LogP contribution in [0.2, 0.25) is 0 Å². The molecule has 0 saturated heterocycles. The van der Waals surface area contributed by atoms with E-state index in [0.717, 1.165) is 25.1 Å². The molecule has 0 aromatic heterocycles. The standard InChI is InChI=1S/C15H21NO2/c1-10(2)9-16-7-6-13-8-12(4-5-14(13)16)11(3)15(17)18/h4-5,8,10-11H,6-7,9H2,1-3H3,(H,17,18). The average molecular weight is 247 g/mol. The van der Waals surface area contributed by atoms with Gasteiger partial charge in [0.25, 0.3) is 0 Å². The molecule has 0 fully saturated rings. The van der Waals surface area contributed by atoms with Gasteiger partial charge in [-0.1, -0.05) is 26.0 Å². The van der Waals surface area contributed by atoms with Crippen LogP contribution in [0.3, 0.4) is 0 Å². The number of carboxylic acid groups (broad SMARTS) is 1. The third-order valence-electron chi connectivity index (χ3n) is 3.55. The lowest BCUT2D eigenvalue weighted by molar-refractivity contribution is -0.138. The molecule has 1 atom stereocenters. The van der Waals surface area contributed by atoms with E-state index in [1.54, 1.807) is 6.92 Å². The average Bonchev–Trinajstić information content (AvgIpc) is 2.70. The fourth-order valence-electron chi connectivity index (χ4n) is 2.53. The van der Waals surface area contributed by atoms with Gasteiger partial charge in [0.2, 0.25) is 0 Å². The predicted octanol–water partition coefficient (Wildman–Crippen LogP) is 2.89. The van der Waals surface area contributed by atoms with Gasteiger partial charge in [0.05, 0.1) is 5.92 Å². The fraction of sp³-hybridized carbons (Fsp3) is 0.533. The molecule has 3 nitrogen and oxygen atoms in total. The molecular weight excluding hydrogens is 226 g/mol. The van der Waals surface area contributed by atoms with Crippen molar-refractivity contribution in [2.24, 2.45) is 5.92 Å². The second kappa shape index (κ2) is 5.01. The zero-order chi connectivity index (χ0) is 13.3. The van der Waals surface area contributed by atoms with Gasteiger partial charge in [-0.15, -0.1) is 0 Å². The third kappa shape index (κ3) is 2.50. The van der Waals surface area contributed by atoms with E-state index in [9.17, 15) is 4.79 Å². The lowest BCUT2D eigenvalue weighted by Crippen LogP contribution is -2.25. The Kier molecular flexibility index (Phi) is 3.60. The minimum absolute atomic E-state index is 0.422. The van der Waals surface area contributed by atoms with Crippen molar-refractivity contribution in [1.82, 2.24) is 0 Å². The second-order valence-corrected chi connectivity index (χ2v) is 5.54. The SMILES string of the molecule is CC(C)CN1CCc2cc(C(C)C(=O)O)ccc21. The minimum Gasteiger partial charge on any atom is -0.481 e. The van der Waals surface area contributed by atoms with E-state index in [-0.39, 0.29) is 0 Å². The highest BCUT2D eigenvalue weighted by molar-refractivity contribution is 5.76. The molecule has 1 aliphatic rings. The van der Waals surface area contributed by atoms with E-state index < -0.39 is 11.9 Å². The van der Waals surface area contributed by atoms with Crippen LogP contribution in [0.25, 0.3) is 0 Å². The maximum Gasteiger partial charge on any atom is 0.310 e. The summed E-state index contributed by atoms with van der Waals surface area (Å²) in [6.07, 6.45) is 1.03. The third-order valence-corrected chi connectivity index (χ3v) is 3.55. The highest BCUT2D eigenvalue weighted by atomic mass is 16.4. The normalized spacial score (nSPS) is 15.9. The number of fused-ring (bicyclic) bond motifs is 1. The Morgan fingerprint density at radius 3 is 2.72 bits per heavy atom. The number of rotatable bonds is 4. The van der Waals surface area contributed by atoms with Gasteiger partial charge in [0, 0.05) is 18.8 Å². The largest absolute Gasteiger partial charge is 0.481 e. The van der Waals surface area contributed by atoms with E-state index in [2.05, 4.69) is 30.9 Å². The fourth-order valence-corrected chi connectivity index (χ4v) is 2.53. The Morgan fingerprint density at radius 1 is 1.39 bits per heavy atom. The topological polar surface area (TPSA) is 40.5 Å². The zero-order valence-electron chi connectivity index (χ0n) is 11.3. The molecule has 1 aromatic rings. The van der Waals surface area contributed by atoms with Crippen molar-refractivity contribution >= 4 is 11.7 Å².